The van der Waals surface area contributed by atoms with Gasteiger partial charge in [-0.05, 0) is 56.2 Å². The maximum atomic E-state index is 12.5. The van der Waals surface area contributed by atoms with Crippen molar-refractivity contribution in [3.05, 3.63) is 89.6 Å². The zero-order valence-corrected chi connectivity index (χ0v) is 17.0. The highest BCUT2D eigenvalue weighted by molar-refractivity contribution is 6.31. The molecule has 1 aliphatic rings. The number of rotatable bonds is 3. The maximum absolute atomic E-state index is 12.5. The first-order valence-electron chi connectivity index (χ1n) is 9.39. The molecule has 156 valence electrons. The fourth-order valence-electron chi connectivity index (χ4n) is 3.49. The first-order valence-corrected chi connectivity index (χ1v) is 9.39. The zero-order chi connectivity index (χ0) is 22.4. The molecule has 0 fully saturated rings. The number of H-pyrrole nitrogens is 1. The monoisotopic (exact) mass is 418 g/mol. The number of aromatic amines is 1. The van der Waals surface area contributed by atoms with Crippen LogP contribution in [0, 0.1) is 24.0 Å². The smallest absolute Gasteiger partial charge is 0.335 e. The summed E-state index contributed by atoms with van der Waals surface area (Å²) in [4.78, 5) is 42.2. The highest BCUT2D eigenvalue weighted by atomic mass is 16.6. The molecule has 2 aromatic carbocycles. The standard InChI is InChI=1S/C22H18N4O5/c1-11-4-5-14(8-12(11)2)25-21(28)18(20(27)24-22(25)29)10-16-13(3)23-19-7-6-15(26(30)31)9-17(16)19/h4-10,28H,1-3H3,(H,24,27,29)/b16-10-. The molecule has 2 heterocycles. The molecule has 0 aliphatic carbocycles. The fourth-order valence-corrected chi connectivity index (χ4v) is 3.49. The zero-order valence-electron chi connectivity index (χ0n) is 17.0. The normalized spacial score (nSPS) is 13.9. The third kappa shape index (κ3) is 3.35. The van der Waals surface area contributed by atoms with Crippen molar-refractivity contribution in [2.75, 3.05) is 0 Å². The summed E-state index contributed by atoms with van der Waals surface area (Å²) in [5.74, 6) is -0.531. The highest BCUT2D eigenvalue weighted by Gasteiger charge is 2.23. The molecule has 4 rings (SSSR count). The summed E-state index contributed by atoms with van der Waals surface area (Å²) in [5, 5.41) is 22.0. The van der Waals surface area contributed by atoms with Gasteiger partial charge in [-0.15, -0.1) is 0 Å². The van der Waals surface area contributed by atoms with Crippen LogP contribution in [0.1, 0.15) is 29.2 Å². The molecule has 1 aromatic heterocycles. The van der Waals surface area contributed by atoms with Crippen LogP contribution in [-0.2, 0) is 0 Å². The number of non-ortho nitro benzene ring substituents is 1. The molecule has 0 unspecified atom stereocenters. The number of allylic oxidation sites excluding steroid dienone is 1. The van der Waals surface area contributed by atoms with Gasteiger partial charge in [-0.1, -0.05) is 6.07 Å². The van der Waals surface area contributed by atoms with E-state index in [1.807, 2.05) is 19.9 Å². The van der Waals surface area contributed by atoms with E-state index in [-0.39, 0.29) is 11.3 Å². The Labute approximate surface area is 175 Å². The van der Waals surface area contributed by atoms with E-state index in [1.165, 1.54) is 24.3 Å². The third-order valence-electron chi connectivity index (χ3n) is 5.32. The van der Waals surface area contributed by atoms with Gasteiger partial charge in [0.2, 0.25) is 5.88 Å². The summed E-state index contributed by atoms with van der Waals surface area (Å²) in [7, 11) is 0. The van der Waals surface area contributed by atoms with Crippen molar-refractivity contribution in [3.8, 4) is 11.6 Å². The fraction of sp³-hybridized carbons (Fsp3) is 0.136. The van der Waals surface area contributed by atoms with Gasteiger partial charge in [-0.25, -0.2) is 9.36 Å². The molecule has 0 bridgehead atoms. The Morgan fingerprint density at radius 2 is 1.84 bits per heavy atom. The molecule has 0 atom stereocenters. The minimum Gasteiger partial charge on any atom is -0.494 e. The lowest BCUT2D eigenvalue weighted by Gasteiger charge is -2.12. The Morgan fingerprint density at radius 3 is 2.52 bits per heavy atom. The molecular weight excluding hydrogens is 400 g/mol. The Kier molecular flexibility index (Phi) is 4.65. The van der Waals surface area contributed by atoms with Gasteiger partial charge in [-0.2, -0.15) is 0 Å². The van der Waals surface area contributed by atoms with Crippen LogP contribution in [-0.4, -0.2) is 25.3 Å². The third-order valence-corrected chi connectivity index (χ3v) is 5.32. The van der Waals surface area contributed by atoms with Crippen molar-refractivity contribution in [2.45, 2.75) is 20.8 Å². The highest BCUT2D eigenvalue weighted by Crippen LogP contribution is 2.38. The van der Waals surface area contributed by atoms with Gasteiger partial charge in [0.15, 0.2) is 0 Å². The largest absolute Gasteiger partial charge is 0.494 e. The number of nitrogens with zero attached hydrogens (tertiary/aromatic N) is 3. The Morgan fingerprint density at radius 1 is 1.10 bits per heavy atom. The average molecular weight is 418 g/mol. The number of aryl methyl sites for hydroxylation is 2. The van der Waals surface area contributed by atoms with Crippen molar-refractivity contribution in [2.24, 2.45) is 4.99 Å². The number of nitrogens with one attached hydrogen (secondary N) is 1. The minimum absolute atomic E-state index is 0.118. The number of hydrogen-bond donors (Lipinski definition) is 2. The molecule has 3 aromatic rings. The van der Waals surface area contributed by atoms with Gasteiger partial charge in [0.1, 0.15) is 5.56 Å². The van der Waals surface area contributed by atoms with Gasteiger partial charge in [-0.3, -0.25) is 24.9 Å². The van der Waals surface area contributed by atoms with Crippen LogP contribution in [0.15, 0.2) is 51.0 Å². The number of fused-ring (bicyclic) bond motifs is 1. The minimum atomic E-state index is -0.777. The summed E-state index contributed by atoms with van der Waals surface area (Å²) in [6, 6.07) is 9.45. The van der Waals surface area contributed by atoms with Crippen molar-refractivity contribution in [1.29, 1.82) is 0 Å². The SMILES string of the molecule is CC1=Nc2ccc([N+](=O)[O-])cc2/C1=C\c1c(O)n(-c2ccc(C)c(C)c2)c(=O)[nH]c1=O. The quantitative estimate of drug-likeness (QED) is 0.497. The van der Waals surface area contributed by atoms with Gasteiger partial charge < -0.3 is 5.11 Å². The van der Waals surface area contributed by atoms with Crippen molar-refractivity contribution in [1.82, 2.24) is 9.55 Å². The van der Waals surface area contributed by atoms with Crippen molar-refractivity contribution < 1.29 is 10.0 Å². The number of aliphatic imine (C=N–C) groups is 1. The second-order valence-corrected chi connectivity index (χ2v) is 7.31. The lowest BCUT2D eigenvalue weighted by atomic mass is 10.0. The van der Waals surface area contributed by atoms with Crippen LogP contribution in [0.3, 0.4) is 0 Å². The predicted molar refractivity (Wildman–Crippen MR) is 118 cm³/mol. The van der Waals surface area contributed by atoms with Gasteiger partial charge in [0.05, 0.1) is 16.3 Å². The number of nitro benzene ring substituents is 1. The number of hydrogen-bond acceptors (Lipinski definition) is 6. The molecule has 0 saturated carbocycles. The first kappa shape index (κ1) is 20.0. The number of benzene rings is 2. The van der Waals surface area contributed by atoms with Crippen LogP contribution >= 0.6 is 0 Å². The van der Waals surface area contributed by atoms with E-state index >= 15 is 0 Å². The van der Waals surface area contributed by atoms with E-state index in [0.717, 1.165) is 15.7 Å². The van der Waals surface area contributed by atoms with Crippen LogP contribution in [0.4, 0.5) is 11.4 Å². The molecule has 31 heavy (non-hydrogen) atoms. The molecule has 9 nitrogen and oxygen atoms in total. The van der Waals surface area contributed by atoms with Crippen LogP contribution in [0.2, 0.25) is 0 Å². The van der Waals surface area contributed by atoms with E-state index in [2.05, 4.69) is 9.98 Å². The Hall–Kier alpha value is -4.27. The summed E-state index contributed by atoms with van der Waals surface area (Å²) < 4.78 is 1.01. The Bertz CT molecular complexity index is 1440. The van der Waals surface area contributed by atoms with E-state index < -0.39 is 22.1 Å². The molecule has 2 N–H and O–H groups in total. The van der Waals surface area contributed by atoms with E-state index in [9.17, 15) is 24.8 Å². The molecule has 9 heteroatoms. The van der Waals surface area contributed by atoms with E-state index in [4.69, 9.17) is 0 Å². The predicted octanol–water partition coefficient (Wildman–Crippen LogP) is 3.40. The van der Waals surface area contributed by atoms with Crippen molar-refractivity contribution >= 4 is 28.7 Å². The van der Waals surface area contributed by atoms with E-state index in [1.54, 1.807) is 19.1 Å². The van der Waals surface area contributed by atoms with Gasteiger partial charge >= 0.3 is 5.69 Å². The summed E-state index contributed by atoms with van der Waals surface area (Å²) in [5.41, 5.74) is 2.46. The number of nitro groups is 1. The molecule has 0 saturated heterocycles. The molecule has 0 spiro atoms. The van der Waals surface area contributed by atoms with Gasteiger partial charge in [0.25, 0.3) is 11.2 Å². The topological polar surface area (TPSA) is 131 Å². The first-order chi connectivity index (χ1) is 14.7. The summed E-state index contributed by atoms with van der Waals surface area (Å²) in [6.45, 7) is 5.49. The molecule has 0 radical (unpaired) electrons. The lowest BCUT2D eigenvalue weighted by molar-refractivity contribution is -0.384. The Balaban J connectivity index is 1.94. The van der Waals surface area contributed by atoms with Crippen LogP contribution in [0.25, 0.3) is 17.3 Å². The molecule has 1 aliphatic heterocycles. The van der Waals surface area contributed by atoms with Crippen molar-refractivity contribution in [3.63, 3.8) is 0 Å². The number of aromatic nitrogens is 2. The summed E-state index contributed by atoms with van der Waals surface area (Å²) in [6.07, 6.45) is 1.39. The second-order valence-electron chi connectivity index (χ2n) is 7.31. The number of aromatic hydroxyl groups is 1. The van der Waals surface area contributed by atoms with E-state index in [0.29, 0.717) is 28.2 Å². The lowest BCUT2D eigenvalue weighted by Crippen LogP contribution is -2.30. The van der Waals surface area contributed by atoms with Gasteiger partial charge in [0, 0.05) is 29.0 Å². The second kappa shape index (κ2) is 7.21. The molecule has 0 amide bonds. The molecular formula is C22H18N4O5. The van der Waals surface area contributed by atoms with Crippen LogP contribution < -0.4 is 11.2 Å². The van der Waals surface area contributed by atoms with Crippen LogP contribution in [0.5, 0.6) is 5.88 Å². The summed E-state index contributed by atoms with van der Waals surface area (Å²) >= 11 is 0. The maximum Gasteiger partial charge on any atom is 0.335 e. The average Bonchev–Trinajstić information content (AvgIpc) is 3.01.